The Kier molecular flexibility index (Phi) is 55.5. The third kappa shape index (κ3) is 53.5. The summed E-state index contributed by atoms with van der Waals surface area (Å²) < 4.78 is 5.49. The first-order valence-corrected chi connectivity index (χ1v) is 30.1. The summed E-state index contributed by atoms with van der Waals surface area (Å²) in [5, 5.41) is 23.2. The molecule has 0 aliphatic carbocycles. The molecule has 0 bridgehead atoms. The Morgan fingerprint density at radius 2 is 0.701 bits per heavy atom. The van der Waals surface area contributed by atoms with Gasteiger partial charge in [-0.05, 0) is 77.0 Å². The maximum atomic E-state index is 12.5. The van der Waals surface area contributed by atoms with Crippen molar-refractivity contribution in [3.05, 3.63) is 24.3 Å². The van der Waals surface area contributed by atoms with Gasteiger partial charge in [0.1, 0.15) is 0 Å². The molecule has 6 nitrogen and oxygen atoms in total. The predicted molar refractivity (Wildman–Crippen MR) is 292 cm³/mol. The van der Waals surface area contributed by atoms with Crippen LogP contribution in [0.5, 0.6) is 0 Å². The lowest BCUT2D eigenvalue weighted by Crippen LogP contribution is -2.45. The Morgan fingerprint density at radius 3 is 1.06 bits per heavy atom. The van der Waals surface area contributed by atoms with Crippen molar-refractivity contribution in [2.24, 2.45) is 0 Å². The number of allylic oxidation sites excluding steroid dienone is 4. The number of aliphatic hydroxyl groups excluding tert-OH is 2. The van der Waals surface area contributed by atoms with Gasteiger partial charge < -0.3 is 20.3 Å². The fourth-order valence-corrected chi connectivity index (χ4v) is 9.34. The van der Waals surface area contributed by atoms with E-state index in [2.05, 4.69) is 43.5 Å². The second kappa shape index (κ2) is 56.9. The van der Waals surface area contributed by atoms with E-state index in [9.17, 15) is 19.8 Å². The second-order valence-corrected chi connectivity index (χ2v) is 20.7. The molecule has 0 heterocycles. The number of amides is 1. The van der Waals surface area contributed by atoms with Crippen molar-refractivity contribution in [1.29, 1.82) is 0 Å². The molecule has 0 spiro atoms. The van der Waals surface area contributed by atoms with Crippen LogP contribution in [0, 0.1) is 0 Å². The van der Waals surface area contributed by atoms with E-state index in [0.717, 1.165) is 57.8 Å². The molecule has 3 N–H and O–H groups in total. The van der Waals surface area contributed by atoms with E-state index in [0.29, 0.717) is 25.9 Å². The Balaban J connectivity index is 3.42. The number of nitrogens with one attached hydrogen (secondary N) is 1. The van der Waals surface area contributed by atoms with Gasteiger partial charge in [-0.1, -0.05) is 263 Å². The van der Waals surface area contributed by atoms with E-state index in [1.165, 1.54) is 238 Å². The predicted octanol–water partition coefficient (Wildman–Crippen LogP) is 18.6. The molecule has 0 aliphatic heterocycles. The first-order chi connectivity index (χ1) is 33.0. The molecule has 6 heteroatoms. The molecule has 0 aromatic heterocycles. The molecule has 0 saturated carbocycles. The van der Waals surface area contributed by atoms with Crippen LogP contribution >= 0.6 is 0 Å². The number of carbonyl (C=O) groups is 2. The Labute approximate surface area is 418 Å². The zero-order valence-corrected chi connectivity index (χ0v) is 45.1. The number of hydrogen-bond acceptors (Lipinski definition) is 5. The smallest absolute Gasteiger partial charge is 0.305 e. The number of aliphatic hydroxyl groups is 2. The monoisotopic (exact) mass is 944 g/mol. The number of rotatable bonds is 56. The summed E-state index contributed by atoms with van der Waals surface area (Å²) >= 11 is 0. The summed E-state index contributed by atoms with van der Waals surface area (Å²) in [5.74, 6) is -0.0458. The summed E-state index contributed by atoms with van der Waals surface area (Å²) in [6, 6.07) is -0.551. The summed E-state index contributed by atoms with van der Waals surface area (Å²) in [5.41, 5.74) is 0. The third-order valence-electron chi connectivity index (χ3n) is 14.0. The van der Waals surface area contributed by atoms with Gasteiger partial charge in [-0.2, -0.15) is 0 Å². The minimum absolute atomic E-state index is 0.00284. The zero-order valence-electron chi connectivity index (χ0n) is 45.1. The fourth-order valence-electron chi connectivity index (χ4n) is 9.34. The molecular weight excluding hydrogens is 827 g/mol. The maximum absolute atomic E-state index is 12.5. The van der Waals surface area contributed by atoms with Gasteiger partial charge in [0.25, 0.3) is 0 Å². The summed E-state index contributed by atoms with van der Waals surface area (Å²) in [7, 11) is 0. The van der Waals surface area contributed by atoms with Crippen LogP contribution in [-0.2, 0) is 14.3 Å². The Bertz CT molecular complexity index is 1040. The first-order valence-electron chi connectivity index (χ1n) is 30.1. The molecule has 0 aromatic rings. The van der Waals surface area contributed by atoms with Gasteiger partial charge in [-0.15, -0.1) is 0 Å². The molecule has 0 radical (unpaired) electrons. The van der Waals surface area contributed by atoms with Gasteiger partial charge in [-0.3, -0.25) is 9.59 Å². The third-order valence-corrected chi connectivity index (χ3v) is 14.0. The van der Waals surface area contributed by atoms with Crippen LogP contribution in [0.1, 0.15) is 328 Å². The molecule has 0 fully saturated rings. The summed E-state index contributed by atoms with van der Waals surface area (Å²) in [4.78, 5) is 24.5. The standard InChI is InChI=1S/C61H117NO5/c1-3-5-7-9-11-13-15-17-18-19-20-24-27-31-35-39-43-47-51-55-61(66)67-56-52-48-44-40-36-32-28-25-22-21-23-26-30-34-38-42-46-50-54-60(65)62-58(57-63)59(64)53-49-45-41-37-33-29-16-14-12-10-8-6-4-2/h17-18,23,26,58-59,63-64H,3-16,19-22,24-25,27-57H2,1-2H3,(H,62,65)/b18-17-,26-23-. The lowest BCUT2D eigenvalue weighted by atomic mass is 10.0. The van der Waals surface area contributed by atoms with Crippen LogP contribution in [0.15, 0.2) is 24.3 Å². The number of hydrogen-bond donors (Lipinski definition) is 3. The molecule has 0 saturated heterocycles. The van der Waals surface area contributed by atoms with Crippen molar-refractivity contribution < 1.29 is 24.5 Å². The number of carbonyl (C=O) groups excluding carboxylic acids is 2. The molecule has 2 unspecified atom stereocenters. The number of unbranched alkanes of at least 4 members (excludes halogenated alkanes) is 41. The number of ether oxygens (including phenoxy) is 1. The van der Waals surface area contributed by atoms with Crippen LogP contribution in [0.25, 0.3) is 0 Å². The SMILES string of the molecule is CCCCCCCC/C=C\CCCCCCCCCCCC(=O)OCCCCCCCCCCC/C=C\CCCCCCCC(=O)NC(CO)C(O)CCCCCCCCCCCCCCC. The lowest BCUT2D eigenvalue weighted by Gasteiger charge is -2.22. The van der Waals surface area contributed by atoms with E-state index >= 15 is 0 Å². The number of esters is 1. The van der Waals surface area contributed by atoms with E-state index in [1.807, 2.05) is 0 Å². The van der Waals surface area contributed by atoms with Gasteiger partial charge >= 0.3 is 5.97 Å². The Hall–Kier alpha value is -1.66. The molecular formula is C61H117NO5. The first kappa shape index (κ1) is 65.3. The van der Waals surface area contributed by atoms with Crippen molar-refractivity contribution in [3.8, 4) is 0 Å². The van der Waals surface area contributed by atoms with Gasteiger partial charge in [0.2, 0.25) is 5.91 Å². The van der Waals surface area contributed by atoms with Crippen LogP contribution in [0.3, 0.4) is 0 Å². The minimum Gasteiger partial charge on any atom is -0.466 e. The van der Waals surface area contributed by atoms with Gasteiger partial charge in [0, 0.05) is 12.8 Å². The van der Waals surface area contributed by atoms with E-state index < -0.39 is 12.1 Å². The van der Waals surface area contributed by atoms with Gasteiger partial charge in [0.15, 0.2) is 0 Å². The van der Waals surface area contributed by atoms with Crippen molar-refractivity contribution in [2.75, 3.05) is 13.2 Å². The fraction of sp³-hybridized carbons (Fsp3) is 0.902. The van der Waals surface area contributed by atoms with Gasteiger partial charge in [0.05, 0.1) is 25.4 Å². The van der Waals surface area contributed by atoms with Crippen LogP contribution in [0.4, 0.5) is 0 Å². The molecule has 0 rings (SSSR count). The molecule has 0 aliphatic rings. The van der Waals surface area contributed by atoms with Crippen LogP contribution in [-0.4, -0.2) is 47.4 Å². The van der Waals surface area contributed by atoms with E-state index in [1.54, 1.807) is 0 Å². The van der Waals surface area contributed by atoms with E-state index in [-0.39, 0.29) is 18.5 Å². The normalized spacial score (nSPS) is 12.7. The van der Waals surface area contributed by atoms with Crippen LogP contribution in [0.2, 0.25) is 0 Å². The molecule has 396 valence electrons. The topological polar surface area (TPSA) is 95.9 Å². The average molecular weight is 945 g/mol. The lowest BCUT2D eigenvalue weighted by molar-refractivity contribution is -0.143. The maximum Gasteiger partial charge on any atom is 0.305 e. The highest BCUT2D eigenvalue weighted by atomic mass is 16.5. The zero-order chi connectivity index (χ0) is 48.6. The minimum atomic E-state index is -0.672. The van der Waals surface area contributed by atoms with Crippen molar-refractivity contribution in [1.82, 2.24) is 5.32 Å². The van der Waals surface area contributed by atoms with Crippen molar-refractivity contribution >= 4 is 11.9 Å². The molecule has 0 aromatic carbocycles. The highest BCUT2D eigenvalue weighted by Crippen LogP contribution is 2.17. The summed E-state index contributed by atoms with van der Waals surface area (Å²) in [6.45, 7) is 4.94. The molecule has 1 amide bonds. The highest BCUT2D eigenvalue weighted by Gasteiger charge is 2.20. The quantitative estimate of drug-likeness (QED) is 0.0321. The largest absolute Gasteiger partial charge is 0.466 e. The van der Waals surface area contributed by atoms with E-state index in [4.69, 9.17) is 4.74 Å². The molecule has 67 heavy (non-hydrogen) atoms. The van der Waals surface area contributed by atoms with Crippen LogP contribution < -0.4 is 5.32 Å². The highest BCUT2D eigenvalue weighted by molar-refractivity contribution is 5.76. The van der Waals surface area contributed by atoms with Gasteiger partial charge in [-0.25, -0.2) is 0 Å². The van der Waals surface area contributed by atoms with Crippen molar-refractivity contribution in [3.63, 3.8) is 0 Å². The average Bonchev–Trinajstić information content (AvgIpc) is 3.33. The molecule has 2 atom stereocenters. The summed E-state index contributed by atoms with van der Waals surface area (Å²) in [6.07, 6.45) is 68.9. The Morgan fingerprint density at radius 1 is 0.403 bits per heavy atom. The second-order valence-electron chi connectivity index (χ2n) is 20.7. The van der Waals surface area contributed by atoms with Crippen molar-refractivity contribution in [2.45, 2.75) is 341 Å².